The minimum absolute atomic E-state index is 0.0817. The van der Waals surface area contributed by atoms with Gasteiger partial charge in [0.25, 0.3) is 0 Å². The second kappa shape index (κ2) is 10.2. The summed E-state index contributed by atoms with van der Waals surface area (Å²) >= 11 is 0. The van der Waals surface area contributed by atoms with Crippen molar-refractivity contribution in [2.45, 2.75) is 0 Å². The number of fused-ring (bicyclic) bond motifs is 6. The summed E-state index contributed by atoms with van der Waals surface area (Å²) in [5, 5.41) is 7.02. The molecule has 1 aliphatic heterocycles. The highest BCUT2D eigenvalue weighted by atomic mass is 16.5. The summed E-state index contributed by atoms with van der Waals surface area (Å²) in [6.07, 6.45) is 0. The lowest BCUT2D eigenvalue weighted by molar-refractivity contribution is 0.487. The number of rotatable bonds is 3. The number of ether oxygens (including phenoxy) is 1. The second-order valence-corrected chi connectivity index (χ2v) is 11.8. The normalized spacial score (nSPS) is 14.7. The van der Waals surface area contributed by atoms with Crippen LogP contribution in [-0.2, 0) is 0 Å². The van der Waals surface area contributed by atoms with Crippen LogP contribution in [0.1, 0.15) is 12.3 Å². The summed E-state index contributed by atoms with van der Waals surface area (Å²) in [5.41, 5.74) is 3.67. The zero-order chi connectivity index (χ0) is 38.7. The molecule has 0 aliphatic carbocycles. The van der Waals surface area contributed by atoms with Crippen LogP contribution in [0.4, 0.5) is 0 Å². The first-order chi connectivity index (χ1) is 27.0. The van der Waals surface area contributed by atoms with Crippen LogP contribution in [-0.4, -0.2) is 0 Å². The van der Waals surface area contributed by atoms with Crippen LogP contribution >= 0.6 is 0 Å². The van der Waals surface area contributed by atoms with E-state index in [1.807, 2.05) is 72.8 Å². The van der Waals surface area contributed by atoms with E-state index in [0.29, 0.717) is 33.6 Å². The van der Waals surface area contributed by atoms with Crippen molar-refractivity contribution in [2.24, 2.45) is 0 Å². The van der Waals surface area contributed by atoms with E-state index in [0.717, 1.165) is 48.8 Å². The maximum atomic E-state index is 9.54. The Bertz CT molecular complexity index is 3170. The Balaban J connectivity index is 1.18. The molecular formula is C46H28O. The highest BCUT2D eigenvalue weighted by Gasteiger charge is 2.22. The van der Waals surface area contributed by atoms with Gasteiger partial charge < -0.3 is 4.74 Å². The third-order valence-corrected chi connectivity index (χ3v) is 9.18. The molecule has 1 nitrogen and oxygen atoms in total. The van der Waals surface area contributed by atoms with Crippen LogP contribution in [0.15, 0.2) is 170 Å². The van der Waals surface area contributed by atoms with Crippen molar-refractivity contribution in [3.8, 4) is 56.0 Å². The van der Waals surface area contributed by atoms with Crippen molar-refractivity contribution in [2.75, 3.05) is 0 Å². The second-order valence-electron chi connectivity index (χ2n) is 11.8. The maximum absolute atomic E-state index is 9.54. The average Bonchev–Trinajstić information content (AvgIpc) is 3.22. The molecule has 1 heterocycles. The molecule has 218 valence electrons. The Kier molecular flexibility index (Phi) is 4.05. The summed E-state index contributed by atoms with van der Waals surface area (Å²) in [6, 6.07) is 34.1. The van der Waals surface area contributed by atoms with Crippen LogP contribution in [0.25, 0.3) is 87.6 Å². The van der Waals surface area contributed by atoms with Gasteiger partial charge in [0.05, 0.1) is 12.3 Å². The van der Waals surface area contributed by atoms with Crippen LogP contribution in [0.2, 0.25) is 0 Å². The molecule has 10 rings (SSSR count). The minimum atomic E-state index is -0.457. The molecule has 0 radical (unpaired) electrons. The standard InChI is InChI=1S/C46H28O/c1-2-9-29(10-3-1)33-23-24-39-41-16-8-15-40-36(25-26-42(46(40)41)47-43(39)28-33)31-17-20-32(21-18-31)44-38-14-7-5-12-34(38)27-35-22-19-30-11-4-6-13-37(30)45(35)44/h1-28H/i1D,2D,3D,9D,10D,17D,18D,20D,21D. The highest BCUT2D eigenvalue weighted by molar-refractivity contribution is 6.22. The van der Waals surface area contributed by atoms with Gasteiger partial charge in [0.2, 0.25) is 0 Å². The molecule has 1 aliphatic rings. The molecule has 9 aromatic rings. The molecule has 0 saturated heterocycles. The molecular weight excluding hydrogens is 569 g/mol. The summed E-state index contributed by atoms with van der Waals surface area (Å²) in [5.74, 6) is 0.955. The van der Waals surface area contributed by atoms with Crippen molar-refractivity contribution in [3.63, 3.8) is 0 Å². The molecule has 47 heavy (non-hydrogen) atoms. The quantitative estimate of drug-likeness (QED) is 0.144. The predicted octanol–water partition coefficient (Wildman–Crippen LogP) is 13.1. The van der Waals surface area contributed by atoms with Crippen molar-refractivity contribution in [1.29, 1.82) is 0 Å². The first kappa shape index (κ1) is 18.7. The molecule has 0 unspecified atom stereocenters. The van der Waals surface area contributed by atoms with Gasteiger partial charge in [-0.15, -0.1) is 0 Å². The van der Waals surface area contributed by atoms with Crippen molar-refractivity contribution in [1.82, 2.24) is 0 Å². The predicted molar refractivity (Wildman–Crippen MR) is 198 cm³/mol. The summed E-state index contributed by atoms with van der Waals surface area (Å²) in [4.78, 5) is 0. The van der Waals surface area contributed by atoms with E-state index in [2.05, 4.69) is 12.1 Å². The number of hydrogen-bond donors (Lipinski definition) is 0. The van der Waals surface area contributed by atoms with Gasteiger partial charge in [-0.25, -0.2) is 0 Å². The van der Waals surface area contributed by atoms with E-state index < -0.39 is 18.1 Å². The lowest BCUT2D eigenvalue weighted by Crippen LogP contribution is -1.98. The molecule has 0 amide bonds. The Morgan fingerprint density at radius 1 is 0.383 bits per heavy atom. The fraction of sp³-hybridized carbons (Fsp3) is 0. The van der Waals surface area contributed by atoms with Gasteiger partial charge in [-0.05, 0) is 101 Å². The summed E-state index contributed by atoms with van der Waals surface area (Å²) in [6.45, 7) is 0. The van der Waals surface area contributed by atoms with Gasteiger partial charge in [-0.2, -0.15) is 0 Å². The zero-order valence-electron chi connectivity index (χ0n) is 33.9. The number of hydrogen-bond acceptors (Lipinski definition) is 1. The van der Waals surface area contributed by atoms with E-state index in [-0.39, 0.29) is 52.9 Å². The topological polar surface area (TPSA) is 9.23 Å². The van der Waals surface area contributed by atoms with Gasteiger partial charge in [0.15, 0.2) is 0 Å². The van der Waals surface area contributed by atoms with Crippen LogP contribution < -0.4 is 4.74 Å². The lowest BCUT2D eigenvalue weighted by atomic mass is 9.87. The first-order valence-electron chi connectivity index (χ1n) is 19.9. The van der Waals surface area contributed by atoms with E-state index in [4.69, 9.17) is 11.6 Å². The Morgan fingerprint density at radius 3 is 1.98 bits per heavy atom. The maximum Gasteiger partial charge on any atom is 0.135 e. The van der Waals surface area contributed by atoms with Crippen LogP contribution in [0, 0.1) is 0 Å². The van der Waals surface area contributed by atoms with Gasteiger partial charge >= 0.3 is 0 Å². The SMILES string of the molecule is [2H]c1c([2H])c([2H])c(-c2ccc3c(c2)Oc2ccc(-c4c([2H])c([2H])c(-c5c6ccccc6cc6ccc7ccccc7c56)c([2H])c4[2H])c4cccc-3c24)c([2H])c1[2H]. The largest absolute Gasteiger partial charge is 0.456 e. The van der Waals surface area contributed by atoms with E-state index in [1.54, 1.807) is 30.3 Å². The molecule has 0 fully saturated rings. The third-order valence-electron chi connectivity index (χ3n) is 9.18. The first-order valence-corrected chi connectivity index (χ1v) is 15.4. The van der Waals surface area contributed by atoms with E-state index in [9.17, 15) is 5.48 Å². The smallest absolute Gasteiger partial charge is 0.135 e. The molecule has 0 bridgehead atoms. The van der Waals surface area contributed by atoms with Crippen molar-refractivity contribution in [3.05, 3.63) is 170 Å². The molecule has 9 aromatic carbocycles. The van der Waals surface area contributed by atoms with Gasteiger partial charge in [0.1, 0.15) is 11.5 Å². The average molecular weight is 606 g/mol. The molecule has 0 aromatic heterocycles. The molecule has 0 saturated carbocycles. The van der Waals surface area contributed by atoms with Crippen LogP contribution in [0.3, 0.4) is 0 Å². The third kappa shape index (κ3) is 4.03. The van der Waals surface area contributed by atoms with Gasteiger partial charge in [-0.1, -0.05) is 145 Å². The van der Waals surface area contributed by atoms with Gasteiger partial charge in [0, 0.05) is 10.9 Å². The van der Waals surface area contributed by atoms with Gasteiger partial charge in [-0.3, -0.25) is 0 Å². The molecule has 1 heteroatoms. The summed E-state index contributed by atoms with van der Waals surface area (Å²) in [7, 11) is 0. The Hall–Kier alpha value is -6.18. The fourth-order valence-corrected chi connectivity index (χ4v) is 7.07. The Labute approximate surface area is 285 Å². The minimum Gasteiger partial charge on any atom is -0.456 e. The van der Waals surface area contributed by atoms with E-state index in [1.165, 1.54) is 0 Å². The molecule has 0 N–H and O–H groups in total. The lowest BCUT2D eigenvalue weighted by Gasteiger charge is -2.23. The Morgan fingerprint density at radius 2 is 1.11 bits per heavy atom. The monoisotopic (exact) mass is 605 g/mol. The number of benzene rings is 9. The van der Waals surface area contributed by atoms with Crippen molar-refractivity contribution >= 4 is 43.1 Å². The molecule has 0 atom stereocenters. The van der Waals surface area contributed by atoms with E-state index >= 15 is 0 Å². The molecule has 0 spiro atoms. The zero-order valence-corrected chi connectivity index (χ0v) is 24.9. The van der Waals surface area contributed by atoms with Crippen molar-refractivity contribution < 1.29 is 17.1 Å². The van der Waals surface area contributed by atoms with Crippen LogP contribution in [0.5, 0.6) is 11.5 Å². The highest BCUT2D eigenvalue weighted by Crippen LogP contribution is 2.50. The summed E-state index contributed by atoms with van der Waals surface area (Å²) < 4.78 is 85.8. The fourth-order valence-electron chi connectivity index (χ4n) is 7.07.